The number of Topliss-reactive ketones (excluding diaryl/α,β-unsaturated/α-hetero) is 1. The van der Waals surface area contributed by atoms with E-state index in [1.165, 1.54) is 0 Å². The number of alkyl halides is 3. The Hall–Kier alpha value is -2.52. The third-order valence-electron chi connectivity index (χ3n) is 2.27. The first kappa shape index (κ1) is 14.5. The summed E-state index contributed by atoms with van der Waals surface area (Å²) < 4.78 is 36.9. The van der Waals surface area contributed by atoms with Gasteiger partial charge in [0.1, 0.15) is 0 Å². The second kappa shape index (κ2) is 4.63. The molecule has 0 unspecified atom stereocenters. The van der Waals surface area contributed by atoms with Crippen LogP contribution in [0.25, 0.3) is 0 Å². The monoisotopic (exact) mass is 278 g/mol. The van der Waals surface area contributed by atoms with Gasteiger partial charge >= 0.3 is 6.18 Å². The summed E-state index contributed by atoms with van der Waals surface area (Å²) in [5.74, 6) is -2.36. The van der Waals surface area contributed by atoms with Crippen LogP contribution in [0.4, 0.5) is 24.5 Å². The van der Waals surface area contributed by atoms with Gasteiger partial charge in [0.05, 0.1) is 15.9 Å². The number of nitro groups is 2. The summed E-state index contributed by atoms with van der Waals surface area (Å²) in [6.07, 6.45) is -5.27. The molecule has 10 heteroatoms. The highest BCUT2D eigenvalue weighted by Crippen LogP contribution is 2.32. The zero-order chi connectivity index (χ0) is 15.0. The Labute approximate surface area is 102 Å². The highest BCUT2D eigenvalue weighted by Gasteiger charge is 2.42. The molecule has 0 radical (unpaired) electrons. The molecule has 0 spiro atoms. The maximum atomic E-state index is 12.3. The van der Waals surface area contributed by atoms with Crippen LogP contribution in [0.1, 0.15) is 15.9 Å². The van der Waals surface area contributed by atoms with Gasteiger partial charge in [-0.2, -0.15) is 13.2 Å². The van der Waals surface area contributed by atoms with Crippen LogP contribution in [0.15, 0.2) is 12.1 Å². The Balaban J connectivity index is 3.60. The number of nitrogens with zero attached hydrogens (tertiary/aromatic N) is 2. The molecular weight excluding hydrogens is 273 g/mol. The zero-order valence-corrected chi connectivity index (χ0v) is 9.22. The van der Waals surface area contributed by atoms with Crippen molar-refractivity contribution in [2.45, 2.75) is 13.1 Å². The fourth-order valence-corrected chi connectivity index (χ4v) is 1.37. The van der Waals surface area contributed by atoms with E-state index in [2.05, 4.69) is 0 Å². The van der Waals surface area contributed by atoms with Crippen LogP contribution >= 0.6 is 0 Å². The number of carbonyl (C=O) groups excluding carboxylic acids is 1. The normalized spacial score (nSPS) is 11.2. The second-order valence-corrected chi connectivity index (χ2v) is 3.48. The fraction of sp³-hybridized carbons (Fsp3) is 0.222. The number of benzene rings is 1. The van der Waals surface area contributed by atoms with Gasteiger partial charge in [-0.05, 0) is 6.92 Å². The molecule has 0 aromatic heterocycles. The number of carbonyl (C=O) groups is 1. The van der Waals surface area contributed by atoms with E-state index in [-0.39, 0.29) is 0 Å². The molecular formula is C9H5F3N2O5. The SMILES string of the molecule is Cc1c(C(=O)C(F)(F)F)cc([N+](=O)[O-])cc1[N+](=O)[O-]. The summed E-state index contributed by atoms with van der Waals surface area (Å²) in [6, 6.07) is 0.876. The van der Waals surface area contributed by atoms with Crippen molar-refractivity contribution in [3.63, 3.8) is 0 Å². The van der Waals surface area contributed by atoms with Crippen molar-refractivity contribution >= 4 is 17.2 Å². The Kier molecular flexibility index (Phi) is 3.54. The lowest BCUT2D eigenvalue weighted by atomic mass is 10.0. The van der Waals surface area contributed by atoms with Crippen LogP contribution in [0.3, 0.4) is 0 Å². The molecule has 102 valence electrons. The lowest BCUT2D eigenvalue weighted by Gasteiger charge is -2.08. The maximum Gasteiger partial charge on any atom is 0.454 e. The van der Waals surface area contributed by atoms with Crippen molar-refractivity contribution in [3.05, 3.63) is 43.5 Å². The molecule has 7 nitrogen and oxygen atoms in total. The molecule has 0 fully saturated rings. The van der Waals surface area contributed by atoms with Crippen LogP contribution in [0.5, 0.6) is 0 Å². The lowest BCUT2D eigenvalue weighted by molar-refractivity contribution is -0.394. The summed E-state index contributed by atoms with van der Waals surface area (Å²) in [4.78, 5) is 30.0. The van der Waals surface area contributed by atoms with Crippen molar-refractivity contribution in [2.75, 3.05) is 0 Å². The lowest BCUT2D eigenvalue weighted by Crippen LogP contribution is -2.24. The van der Waals surface area contributed by atoms with Gasteiger partial charge in [0.15, 0.2) is 0 Å². The van der Waals surface area contributed by atoms with Gasteiger partial charge in [-0.25, -0.2) is 0 Å². The molecule has 1 rings (SSSR count). The summed E-state index contributed by atoms with van der Waals surface area (Å²) in [5, 5.41) is 21.1. The van der Waals surface area contributed by atoms with Gasteiger partial charge in [-0.15, -0.1) is 0 Å². The average molecular weight is 278 g/mol. The van der Waals surface area contributed by atoms with Gasteiger partial charge in [0.2, 0.25) is 0 Å². The summed E-state index contributed by atoms with van der Waals surface area (Å²) in [6.45, 7) is 0.917. The van der Waals surface area contributed by atoms with Gasteiger partial charge in [-0.3, -0.25) is 25.0 Å². The third kappa shape index (κ3) is 2.84. The van der Waals surface area contributed by atoms with Gasteiger partial charge in [0.25, 0.3) is 17.2 Å². The van der Waals surface area contributed by atoms with Crippen LogP contribution in [0.2, 0.25) is 0 Å². The predicted molar refractivity (Wildman–Crippen MR) is 54.9 cm³/mol. The highest BCUT2D eigenvalue weighted by atomic mass is 19.4. The number of nitro benzene ring substituents is 2. The van der Waals surface area contributed by atoms with Crippen molar-refractivity contribution in [1.82, 2.24) is 0 Å². The van der Waals surface area contributed by atoms with Gasteiger partial charge in [-0.1, -0.05) is 0 Å². The Morgan fingerprint density at radius 2 is 1.68 bits per heavy atom. The standard InChI is InChI=1S/C9H5F3N2O5/c1-4-6(8(15)9(10,11)12)2-5(13(16)17)3-7(4)14(18)19/h2-3H,1H3. The van der Waals surface area contributed by atoms with E-state index in [1.807, 2.05) is 0 Å². The van der Waals surface area contributed by atoms with E-state index in [4.69, 9.17) is 0 Å². The molecule has 0 saturated carbocycles. The highest BCUT2D eigenvalue weighted by molar-refractivity contribution is 6.02. The summed E-state index contributed by atoms with van der Waals surface area (Å²) >= 11 is 0. The van der Waals surface area contributed by atoms with Crippen LogP contribution < -0.4 is 0 Å². The number of hydrogen-bond donors (Lipinski definition) is 0. The van der Waals surface area contributed by atoms with E-state index in [9.17, 15) is 38.2 Å². The minimum Gasteiger partial charge on any atom is -0.284 e. The number of hydrogen-bond acceptors (Lipinski definition) is 5. The topological polar surface area (TPSA) is 103 Å². The third-order valence-corrected chi connectivity index (χ3v) is 2.27. The number of halogens is 3. The van der Waals surface area contributed by atoms with Crippen molar-refractivity contribution in [1.29, 1.82) is 0 Å². The van der Waals surface area contributed by atoms with E-state index < -0.39 is 44.3 Å². The van der Waals surface area contributed by atoms with Gasteiger partial charge < -0.3 is 0 Å². The van der Waals surface area contributed by atoms with Crippen LogP contribution in [-0.2, 0) is 0 Å². The van der Waals surface area contributed by atoms with E-state index >= 15 is 0 Å². The van der Waals surface area contributed by atoms with Crippen molar-refractivity contribution < 1.29 is 27.8 Å². The minimum atomic E-state index is -5.27. The van der Waals surface area contributed by atoms with E-state index in [0.29, 0.717) is 12.1 Å². The maximum absolute atomic E-state index is 12.3. The van der Waals surface area contributed by atoms with Crippen LogP contribution in [-0.4, -0.2) is 21.8 Å². The molecule has 1 aromatic carbocycles. The van der Waals surface area contributed by atoms with Gasteiger partial charge in [0, 0.05) is 17.2 Å². The van der Waals surface area contributed by atoms with E-state index in [0.717, 1.165) is 6.92 Å². The smallest absolute Gasteiger partial charge is 0.284 e. The Morgan fingerprint density at radius 1 is 1.16 bits per heavy atom. The fourth-order valence-electron chi connectivity index (χ4n) is 1.37. The van der Waals surface area contributed by atoms with Crippen molar-refractivity contribution in [2.24, 2.45) is 0 Å². The van der Waals surface area contributed by atoms with Crippen molar-refractivity contribution in [3.8, 4) is 0 Å². The molecule has 1 aromatic rings. The number of ketones is 1. The number of rotatable bonds is 3. The molecule has 19 heavy (non-hydrogen) atoms. The molecule has 0 bridgehead atoms. The van der Waals surface area contributed by atoms with Crippen LogP contribution in [0, 0.1) is 27.2 Å². The molecule has 0 aliphatic carbocycles. The average Bonchev–Trinajstić information content (AvgIpc) is 2.26. The Bertz CT molecular complexity index is 582. The first-order valence-corrected chi connectivity index (χ1v) is 4.60. The molecule has 0 atom stereocenters. The molecule has 0 aliphatic heterocycles. The minimum absolute atomic E-state index is 0.373. The Morgan fingerprint density at radius 3 is 2.05 bits per heavy atom. The first-order chi connectivity index (χ1) is 8.55. The largest absolute Gasteiger partial charge is 0.454 e. The quantitative estimate of drug-likeness (QED) is 0.480. The zero-order valence-electron chi connectivity index (χ0n) is 9.22. The predicted octanol–water partition coefficient (Wildman–Crippen LogP) is 2.56. The second-order valence-electron chi connectivity index (χ2n) is 3.48. The molecule has 0 N–H and O–H groups in total. The molecule has 0 heterocycles. The summed E-state index contributed by atoms with van der Waals surface area (Å²) in [7, 11) is 0. The first-order valence-electron chi connectivity index (χ1n) is 4.60. The number of non-ortho nitro benzene ring substituents is 1. The summed E-state index contributed by atoms with van der Waals surface area (Å²) in [5.41, 5.74) is -3.54. The van der Waals surface area contributed by atoms with E-state index in [1.54, 1.807) is 0 Å². The molecule has 0 amide bonds. The molecule has 0 saturated heterocycles. The molecule has 0 aliphatic rings.